The van der Waals surface area contributed by atoms with E-state index in [0.29, 0.717) is 18.2 Å². The Bertz CT molecular complexity index is 324. The number of rotatable bonds is 2. The van der Waals surface area contributed by atoms with Crippen LogP contribution in [0, 0.1) is 5.82 Å². The first kappa shape index (κ1) is 10.5. The van der Waals surface area contributed by atoms with Crippen molar-refractivity contribution in [3.8, 4) is 0 Å². The molecule has 14 heavy (non-hydrogen) atoms. The quantitative estimate of drug-likeness (QED) is 0.287. The SMILES string of the molecule is CCN=C(NN)Nc1cccc(F)c1. The first-order valence-corrected chi connectivity index (χ1v) is 4.30. The Morgan fingerprint density at radius 2 is 2.36 bits per heavy atom. The van der Waals surface area contributed by atoms with Crippen LogP contribution in [0.4, 0.5) is 10.1 Å². The molecule has 1 aromatic carbocycles. The maximum Gasteiger partial charge on any atom is 0.210 e. The van der Waals surface area contributed by atoms with Gasteiger partial charge in [0.05, 0.1) is 0 Å². The summed E-state index contributed by atoms with van der Waals surface area (Å²) in [5, 5.41) is 2.84. The van der Waals surface area contributed by atoms with Gasteiger partial charge < -0.3 is 5.32 Å². The van der Waals surface area contributed by atoms with Crippen LogP contribution in [0.25, 0.3) is 0 Å². The lowest BCUT2D eigenvalue weighted by atomic mass is 10.3. The maximum absolute atomic E-state index is 12.8. The van der Waals surface area contributed by atoms with Crippen molar-refractivity contribution in [2.75, 3.05) is 11.9 Å². The van der Waals surface area contributed by atoms with E-state index in [1.165, 1.54) is 12.1 Å². The second kappa shape index (κ2) is 5.18. The first-order chi connectivity index (χ1) is 6.76. The molecular formula is C9H13FN4. The van der Waals surface area contributed by atoms with Crippen molar-refractivity contribution < 1.29 is 4.39 Å². The molecule has 0 heterocycles. The molecule has 76 valence electrons. The number of benzene rings is 1. The summed E-state index contributed by atoms with van der Waals surface area (Å²) >= 11 is 0. The second-order valence-electron chi connectivity index (χ2n) is 2.60. The lowest BCUT2D eigenvalue weighted by Gasteiger charge is -2.08. The molecule has 0 atom stereocenters. The Morgan fingerprint density at radius 3 is 2.93 bits per heavy atom. The summed E-state index contributed by atoms with van der Waals surface area (Å²) in [4.78, 5) is 4.01. The van der Waals surface area contributed by atoms with Gasteiger partial charge in [-0.1, -0.05) is 6.07 Å². The number of nitrogens with one attached hydrogen (secondary N) is 2. The van der Waals surface area contributed by atoms with Crippen molar-refractivity contribution >= 4 is 11.6 Å². The van der Waals surface area contributed by atoms with E-state index in [4.69, 9.17) is 5.84 Å². The molecule has 0 bridgehead atoms. The number of nitrogens with zero attached hydrogens (tertiary/aromatic N) is 1. The highest BCUT2D eigenvalue weighted by atomic mass is 19.1. The Kier molecular flexibility index (Phi) is 3.87. The summed E-state index contributed by atoms with van der Waals surface area (Å²) in [6.07, 6.45) is 0. The molecule has 5 heteroatoms. The van der Waals surface area contributed by atoms with Gasteiger partial charge in [-0.3, -0.25) is 10.4 Å². The highest BCUT2D eigenvalue weighted by Crippen LogP contribution is 2.08. The lowest BCUT2D eigenvalue weighted by molar-refractivity contribution is 0.628. The number of nitrogens with two attached hydrogens (primary N) is 1. The minimum absolute atomic E-state index is 0.303. The second-order valence-corrected chi connectivity index (χ2v) is 2.60. The van der Waals surface area contributed by atoms with E-state index >= 15 is 0 Å². The third-order valence-electron chi connectivity index (χ3n) is 1.54. The van der Waals surface area contributed by atoms with Crippen LogP contribution in [0.5, 0.6) is 0 Å². The van der Waals surface area contributed by atoms with E-state index in [1.807, 2.05) is 6.92 Å². The lowest BCUT2D eigenvalue weighted by Crippen LogP contribution is -2.36. The van der Waals surface area contributed by atoms with Crippen LogP contribution in [-0.2, 0) is 0 Å². The number of anilines is 1. The molecule has 1 aromatic rings. The van der Waals surface area contributed by atoms with Crippen molar-refractivity contribution in [2.24, 2.45) is 10.8 Å². The Balaban J connectivity index is 2.72. The molecule has 0 spiro atoms. The molecule has 0 aliphatic carbocycles. The molecule has 0 radical (unpaired) electrons. The van der Waals surface area contributed by atoms with Gasteiger partial charge in [-0.2, -0.15) is 0 Å². The van der Waals surface area contributed by atoms with Crippen LogP contribution in [0.1, 0.15) is 6.92 Å². The van der Waals surface area contributed by atoms with E-state index in [-0.39, 0.29) is 5.82 Å². The molecule has 0 saturated heterocycles. The molecule has 1 rings (SSSR count). The summed E-state index contributed by atoms with van der Waals surface area (Å²) in [7, 11) is 0. The zero-order valence-corrected chi connectivity index (χ0v) is 7.92. The average molecular weight is 196 g/mol. The van der Waals surface area contributed by atoms with Gasteiger partial charge >= 0.3 is 0 Å². The van der Waals surface area contributed by atoms with Gasteiger partial charge in [-0.25, -0.2) is 10.2 Å². The fourth-order valence-corrected chi connectivity index (χ4v) is 0.982. The minimum atomic E-state index is -0.303. The Morgan fingerprint density at radius 1 is 1.57 bits per heavy atom. The van der Waals surface area contributed by atoms with E-state index in [9.17, 15) is 4.39 Å². The maximum atomic E-state index is 12.8. The third kappa shape index (κ3) is 3.02. The van der Waals surface area contributed by atoms with Crippen LogP contribution < -0.4 is 16.6 Å². The van der Waals surface area contributed by atoms with Gasteiger partial charge in [0.2, 0.25) is 5.96 Å². The van der Waals surface area contributed by atoms with Crippen molar-refractivity contribution in [2.45, 2.75) is 6.92 Å². The van der Waals surface area contributed by atoms with Gasteiger partial charge in [0, 0.05) is 12.2 Å². The van der Waals surface area contributed by atoms with Gasteiger partial charge in [-0.15, -0.1) is 0 Å². The van der Waals surface area contributed by atoms with Crippen molar-refractivity contribution in [1.82, 2.24) is 5.43 Å². The average Bonchev–Trinajstić information content (AvgIpc) is 2.17. The number of guanidine groups is 1. The summed E-state index contributed by atoms with van der Waals surface area (Å²) in [5.41, 5.74) is 2.99. The van der Waals surface area contributed by atoms with E-state index in [0.717, 1.165) is 0 Å². The fraction of sp³-hybridized carbons (Fsp3) is 0.222. The third-order valence-corrected chi connectivity index (χ3v) is 1.54. The van der Waals surface area contributed by atoms with Gasteiger partial charge in [0.15, 0.2) is 0 Å². The van der Waals surface area contributed by atoms with Gasteiger partial charge in [0.1, 0.15) is 5.82 Å². The zero-order valence-electron chi connectivity index (χ0n) is 7.92. The predicted molar refractivity (Wildman–Crippen MR) is 55.3 cm³/mol. The smallest absolute Gasteiger partial charge is 0.210 e. The van der Waals surface area contributed by atoms with Crippen LogP contribution in [0.3, 0.4) is 0 Å². The van der Waals surface area contributed by atoms with Crippen LogP contribution in [0.2, 0.25) is 0 Å². The first-order valence-electron chi connectivity index (χ1n) is 4.30. The van der Waals surface area contributed by atoms with Crippen LogP contribution in [0.15, 0.2) is 29.3 Å². The molecule has 0 aromatic heterocycles. The summed E-state index contributed by atoms with van der Waals surface area (Å²) in [5.74, 6) is 5.32. The van der Waals surface area contributed by atoms with E-state index < -0.39 is 0 Å². The van der Waals surface area contributed by atoms with Gasteiger partial charge in [-0.05, 0) is 25.1 Å². The summed E-state index contributed by atoms with van der Waals surface area (Å²) in [6.45, 7) is 2.48. The molecular weight excluding hydrogens is 183 g/mol. The molecule has 0 aliphatic rings. The van der Waals surface area contributed by atoms with Gasteiger partial charge in [0.25, 0.3) is 0 Å². The molecule has 0 fully saturated rings. The fourth-order valence-electron chi connectivity index (χ4n) is 0.982. The minimum Gasteiger partial charge on any atom is -0.325 e. The van der Waals surface area contributed by atoms with Crippen molar-refractivity contribution in [3.63, 3.8) is 0 Å². The number of hydrogen-bond donors (Lipinski definition) is 3. The summed E-state index contributed by atoms with van der Waals surface area (Å²) < 4.78 is 12.8. The highest BCUT2D eigenvalue weighted by molar-refractivity contribution is 5.93. The van der Waals surface area contributed by atoms with Crippen LogP contribution in [-0.4, -0.2) is 12.5 Å². The number of aliphatic imine (C=N–C) groups is 1. The molecule has 4 nitrogen and oxygen atoms in total. The van der Waals surface area contributed by atoms with E-state index in [2.05, 4.69) is 15.7 Å². The Hall–Kier alpha value is -1.62. The molecule has 0 aliphatic heterocycles. The highest BCUT2D eigenvalue weighted by Gasteiger charge is 1.97. The Labute approximate surface area is 82.0 Å². The van der Waals surface area contributed by atoms with Crippen molar-refractivity contribution in [3.05, 3.63) is 30.1 Å². The normalized spacial score (nSPS) is 11.2. The molecule has 0 unspecified atom stereocenters. The molecule has 0 saturated carbocycles. The molecule has 0 amide bonds. The summed E-state index contributed by atoms with van der Waals surface area (Å²) in [6, 6.07) is 6.07. The monoisotopic (exact) mass is 196 g/mol. The van der Waals surface area contributed by atoms with Crippen LogP contribution >= 0.6 is 0 Å². The predicted octanol–water partition coefficient (Wildman–Crippen LogP) is 1.08. The molecule has 4 N–H and O–H groups in total. The zero-order chi connectivity index (χ0) is 10.4. The standard InChI is InChI=1S/C9H13FN4/c1-2-12-9(14-11)13-8-5-3-4-7(10)6-8/h3-6H,2,11H2,1H3,(H2,12,13,14). The number of hydrazine groups is 1. The largest absolute Gasteiger partial charge is 0.325 e. The van der Waals surface area contributed by atoms with Crippen molar-refractivity contribution in [1.29, 1.82) is 0 Å². The number of hydrogen-bond acceptors (Lipinski definition) is 2. The van der Waals surface area contributed by atoms with E-state index in [1.54, 1.807) is 12.1 Å². The number of halogens is 1. The topological polar surface area (TPSA) is 62.4 Å².